The first-order chi connectivity index (χ1) is 31.5. The van der Waals surface area contributed by atoms with E-state index in [9.17, 15) is 19.4 Å². The molecule has 0 rings (SSSR count). The van der Waals surface area contributed by atoms with E-state index in [0.29, 0.717) is 17.4 Å². The Bertz CT molecular complexity index is 1200. The molecule has 8 nitrogen and oxygen atoms in total. The quantitative estimate of drug-likeness (QED) is 0.0243. The van der Waals surface area contributed by atoms with Crippen molar-refractivity contribution in [2.75, 3.05) is 40.9 Å². The maximum Gasteiger partial charge on any atom is 0.472 e. The predicted octanol–water partition coefficient (Wildman–Crippen LogP) is 16.4. The Kier molecular flexibility index (Phi) is 46.4. The highest BCUT2D eigenvalue weighted by Crippen LogP contribution is 2.43. The summed E-state index contributed by atoms with van der Waals surface area (Å²) >= 11 is 0. The van der Waals surface area contributed by atoms with Crippen LogP contribution < -0.4 is 5.32 Å². The van der Waals surface area contributed by atoms with Crippen LogP contribution in [0.25, 0.3) is 0 Å². The summed E-state index contributed by atoms with van der Waals surface area (Å²) in [6, 6.07) is -0.855. The highest BCUT2D eigenvalue weighted by molar-refractivity contribution is 7.47. The third-order valence-corrected chi connectivity index (χ3v) is 13.3. The van der Waals surface area contributed by atoms with E-state index < -0.39 is 20.0 Å². The van der Waals surface area contributed by atoms with Crippen molar-refractivity contribution in [1.82, 2.24) is 5.32 Å². The normalized spacial score (nSPS) is 14.4. The van der Waals surface area contributed by atoms with E-state index in [0.717, 1.165) is 64.2 Å². The number of rotatable bonds is 50. The molecule has 0 aromatic heterocycles. The number of allylic oxidation sites excluding steroid dienone is 7. The number of phosphoric acid groups is 1. The fourth-order valence-electron chi connectivity index (χ4n) is 7.93. The fraction of sp³-hybridized carbons (Fsp3) is 0.839. The Morgan fingerprint density at radius 1 is 0.523 bits per heavy atom. The van der Waals surface area contributed by atoms with Gasteiger partial charge in [-0.25, -0.2) is 4.57 Å². The Morgan fingerprint density at radius 2 is 0.877 bits per heavy atom. The molecule has 0 saturated heterocycles. The molecule has 0 heterocycles. The summed E-state index contributed by atoms with van der Waals surface area (Å²) in [5, 5.41) is 13.9. The highest BCUT2D eigenvalue weighted by atomic mass is 31.2. The fourth-order valence-corrected chi connectivity index (χ4v) is 8.67. The summed E-state index contributed by atoms with van der Waals surface area (Å²) in [6.07, 6.45) is 61.9. The number of unbranched alkanes of at least 4 members (excludes halogenated alkanes) is 31. The molecule has 3 N–H and O–H groups in total. The van der Waals surface area contributed by atoms with Gasteiger partial charge < -0.3 is 19.8 Å². The molecule has 65 heavy (non-hydrogen) atoms. The van der Waals surface area contributed by atoms with Gasteiger partial charge in [-0.1, -0.05) is 236 Å². The first-order valence-corrected chi connectivity index (χ1v) is 29.0. The van der Waals surface area contributed by atoms with Crippen molar-refractivity contribution in [3.8, 4) is 0 Å². The van der Waals surface area contributed by atoms with E-state index in [1.54, 1.807) is 6.08 Å². The number of carbonyl (C=O) groups is 1. The summed E-state index contributed by atoms with van der Waals surface area (Å²) in [5.74, 6) is -0.188. The van der Waals surface area contributed by atoms with Crippen molar-refractivity contribution in [2.45, 2.75) is 264 Å². The smallest absolute Gasteiger partial charge is 0.387 e. The SMILES string of the molecule is CCCCCCC/C=C\C/C=C\C/C=C\CCCCCCCCC(=O)NC(COP(=O)(O)OCC[N+](C)(C)C)C(O)/C=C/CCCCCCCCCCCCCCCCCCCCCC. The third-order valence-electron chi connectivity index (χ3n) is 12.3. The van der Waals surface area contributed by atoms with Gasteiger partial charge in [0.2, 0.25) is 5.91 Å². The summed E-state index contributed by atoms with van der Waals surface area (Å²) < 4.78 is 23.7. The van der Waals surface area contributed by atoms with E-state index in [1.807, 2.05) is 27.2 Å². The number of quaternary nitrogens is 1. The van der Waals surface area contributed by atoms with Crippen LogP contribution >= 0.6 is 7.82 Å². The number of hydrogen-bond acceptors (Lipinski definition) is 5. The number of likely N-dealkylation sites (N-methyl/N-ethyl adjacent to an activating group) is 1. The molecule has 382 valence electrons. The molecule has 0 aromatic rings. The van der Waals surface area contributed by atoms with Crippen LogP contribution in [0, 0.1) is 0 Å². The van der Waals surface area contributed by atoms with Crippen LogP contribution in [0.4, 0.5) is 0 Å². The van der Waals surface area contributed by atoms with E-state index in [1.165, 1.54) is 167 Å². The summed E-state index contributed by atoms with van der Waals surface area (Å²) in [6.45, 7) is 4.81. The lowest BCUT2D eigenvalue weighted by Crippen LogP contribution is -2.45. The minimum absolute atomic E-state index is 0.0577. The largest absolute Gasteiger partial charge is 0.472 e. The molecular weight excluding hydrogens is 828 g/mol. The van der Waals surface area contributed by atoms with Gasteiger partial charge in [0.15, 0.2) is 0 Å². The average molecular weight is 936 g/mol. The average Bonchev–Trinajstić information content (AvgIpc) is 3.26. The number of carbonyl (C=O) groups excluding carboxylic acids is 1. The summed E-state index contributed by atoms with van der Waals surface area (Å²) in [7, 11) is 1.56. The van der Waals surface area contributed by atoms with Crippen LogP contribution in [0.15, 0.2) is 48.6 Å². The molecule has 0 spiro atoms. The van der Waals surface area contributed by atoms with Gasteiger partial charge in [-0.3, -0.25) is 13.8 Å². The van der Waals surface area contributed by atoms with E-state index >= 15 is 0 Å². The van der Waals surface area contributed by atoms with Gasteiger partial charge in [-0.05, 0) is 57.8 Å². The second-order valence-corrected chi connectivity index (χ2v) is 21.4. The van der Waals surface area contributed by atoms with Crippen molar-refractivity contribution in [3.05, 3.63) is 48.6 Å². The maximum absolute atomic E-state index is 13.0. The molecule has 1 amide bonds. The van der Waals surface area contributed by atoms with Gasteiger partial charge in [0, 0.05) is 6.42 Å². The van der Waals surface area contributed by atoms with E-state index in [-0.39, 0.29) is 19.1 Å². The second kappa shape index (κ2) is 47.5. The number of amides is 1. The van der Waals surface area contributed by atoms with Crippen molar-refractivity contribution in [2.24, 2.45) is 0 Å². The second-order valence-electron chi connectivity index (χ2n) is 20.0. The first kappa shape index (κ1) is 63.5. The number of phosphoric ester groups is 1. The Morgan fingerprint density at radius 3 is 1.28 bits per heavy atom. The topological polar surface area (TPSA) is 105 Å². The lowest BCUT2D eigenvalue weighted by atomic mass is 10.0. The molecule has 0 aliphatic carbocycles. The van der Waals surface area contributed by atoms with Crippen LogP contribution in [0.3, 0.4) is 0 Å². The zero-order valence-electron chi connectivity index (χ0n) is 43.5. The molecular formula is C56H108N2O6P+. The standard InChI is InChI=1S/C56H107N2O6P/c1-6-8-10-12-14-16-18-20-22-24-26-28-30-31-33-35-37-39-41-43-45-47-49-55(59)54(53-64-65(61,62)63-52-51-58(3,4)5)57-56(60)50-48-46-44-42-40-38-36-34-32-29-27-25-23-21-19-17-15-13-11-9-7-2/h19,21,25,27,32,34,47,49,54-55,59H,6-18,20,22-24,26,28-31,33,35-46,48,50-53H2,1-5H3,(H-,57,60,61,62)/p+1/b21-19-,27-25-,34-32-,49-47+. The molecule has 3 unspecified atom stereocenters. The molecule has 0 fully saturated rings. The minimum atomic E-state index is -4.35. The molecule has 0 saturated carbocycles. The number of nitrogens with zero attached hydrogens (tertiary/aromatic N) is 1. The van der Waals surface area contributed by atoms with Crippen molar-refractivity contribution in [3.63, 3.8) is 0 Å². The van der Waals surface area contributed by atoms with Gasteiger partial charge in [-0.15, -0.1) is 0 Å². The monoisotopic (exact) mass is 936 g/mol. The minimum Gasteiger partial charge on any atom is -0.387 e. The van der Waals surface area contributed by atoms with Crippen molar-refractivity contribution >= 4 is 13.7 Å². The summed E-state index contributed by atoms with van der Waals surface area (Å²) in [5.41, 5.74) is 0. The van der Waals surface area contributed by atoms with Crippen LogP contribution in [-0.4, -0.2) is 73.4 Å². The number of hydrogen-bond donors (Lipinski definition) is 3. The number of nitrogens with one attached hydrogen (secondary N) is 1. The van der Waals surface area contributed by atoms with Crippen LogP contribution in [0.5, 0.6) is 0 Å². The lowest BCUT2D eigenvalue weighted by molar-refractivity contribution is -0.870. The number of aliphatic hydroxyl groups is 1. The maximum atomic E-state index is 13.0. The first-order valence-electron chi connectivity index (χ1n) is 27.5. The van der Waals surface area contributed by atoms with E-state index in [2.05, 4.69) is 55.6 Å². The van der Waals surface area contributed by atoms with Gasteiger partial charge >= 0.3 is 7.82 Å². The van der Waals surface area contributed by atoms with Crippen LogP contribution in [-0.2, 0) is 18.4 Å². The molecule has 0 bridgehead atoms. The van der Waals surface area contributed by atoms with Crippen molar-refractivity contribution < 1.29 is 32.9 Å². The van der Waals surface area contributed by atoms with Gasteiger partial charge in [0.1, 0.15) is 13.2 Å². The zero-order chi connectivity index (χ0) is 47.8. The molecule has 0 aliphatic rings. The van der Waals surface area contributed by atoms with E-state index in [4.69, 9.17) is 9.05 Å². The molecule has 0 radical (unpaired) electrons. The zero-order valence-corrected chi connectivity index (χ0v) is 44.4. The van der Waals surface area contributed by atoms with Gasteiger partial charge in [0.25, 0.3) is 0 Å². The highest BCUT2D eigenvalue weighted by Gasteiger charge is 2.27. The Hall–Kier alpha value is -1.54. The molecule has 3 atom stereocenters. The molecule has 0 aromatic carbocycles. The van der Waals surface area contributed by atoms with Gasteiger partial charge in [0.05, 0.1) is 39.9 Å². The predicted molar refractivity (Wildman–Crippen MR) is 281 cm³/mol. The third kappa shape index (κ3) is 50.2. The Labute approximate surface area is 403 Å². The molecule has 9 heteroatoms. The molecule has 0 aliphatic heterocycles. The van der Waals surface area contributed by atoms with Gasteiger partial charge in [-0.2, -0.15) is 0 Å². The summed E-state index contributed by atoms with van der Waals surface area (Å²) in [4.78, 5) is 23.3. The van der Waals surface area contributed by atoms with Crippen LogP contribution in [0.2, 0.25) is 0 Å². The van der Waals surface area contributed by atoms with Crippen molar-refractivity contribution in [1.29, 1.82) is 0 Å². The number of aliphatic hydroxyl groups excluding tert-OH is 1. The Balaban J connectivity index is 4.30. The lowest BCUT2D eigenvalue weighted by Gasteiger charge is -2.25. The van der Waals surface area contributed by atoms with Crippen LogP contribution in [0.1, 0.15) is 251 Å².